The van der Waals surface area contributed by atoms with Gasteiger partial charge in [-0.05, 0) is 0 Å². The third kappa shape index (κ3) is 17.7. The fourth-order valence-corrected chi connectivity index (χ4v) is 0. The van der Waals surface area contributed by atoms with Crippen LogP contribution in [-0.2, 0) is 0 Å². The largest absolute Gasteiger partial charge is 0.412 e. The quantitative estimate of drug-likeness (QED) is 0.300. The Morgan fingerprint density at radius 1 is 1.80 bits per heavy atom. The highest BCUT2D eigenvalue weighted by Gasteiger charge is 1.50. The van der Waals surface area contributed by atoms with Crippen molar-refractivity contribution >= 4 is 0 Å². The minimum atomic E-state index is 0. The minimum absolute atomic E-state index is 0. The van der Waals surface area contributed by atoms with Crippen molar-refractivity contribution in [1.29, 1.82) is 0 Å². The van der Waals surface area contributed by atoms with Crippen LogP contribution in [0.15, 0.2) is 0 Å². The van der Waals surface area contributed by atoms with E-state index in [1.54, 1.807) is 0 Å². The molecule has 0 bridgehead atoms. The van der Waals surface area contributed by atoms with Gasteiger partial charge in [-0.3, -0.25) is 11.3 Å². The molecular weight excluding hydrogens is 68.0 g/mol. The molecule has 0 heterocycles. The summed E-state index contributed by atoms with van der Waals surface area (Å²) >= 11 is 0. The fraction of sp³-hybridized carbons (Fsp3) is 1.00. The molecule has 0 aliphatic carbocycles. The Labute approximate surface area is 31.4 Å². The van der Waals surface area contributed by atoms with Crippen LogP contribution in [0.5, 0.6) is 0 Å². The van der Waals surface area contributed by atoms with Crippen LogP contribution in [0.1, 0.15) is 6.92 Å². The molecule has 0 fully saturated rings. The lowest BCUT2D eigenvalue weighted by Crippen LogP contribution is -2.20. The number of hydrazine groups is 1. The Kier molecular flexibility index (Phi) is 16.1. The molecule has 0 radical (unpaired) electrons. The minimum Gasteiger partial charge on any atom is -0.412 e. The van der Waals surface area contributed by atoms with Crippen molar-refractivity contribution in [3.8, 4) is 0 Å². The molecule has 0 aliphatic heterocycles. The van der Waals surface area contributed by atoms with Crippen LogP contribution >= 0.6 is 0 Å². The van der Waals surface area contributed by atoms with Gasteiger partial charge in [0.2, 0.25) is 0 Å². The van der Waals surface area contributed by atoms with Crippen LogP contribution in [0.3, 0.4) is 0 Å². The molecule has 0 atom stereocenters. The zero-order valence-corrected chi connectivity index (χ0v) is 3.28. The van der Waals surface area contributed by atoms with Gasteiger partial charge in [-0.15, -0.1) is 0 Å². The van der Waals surface area contributed by atoms with E-state index in [1.807, 2.05) is 6.92 Å². The van der Waals surface area contributed by atoms with E-state index in [1.165, 1.54) is 0 Å². The molecule has 3 nitrogen and oxygen atoms in total. The van der Waals surface area contributed by atoms with E-state index in [0.717, 1.165) is 6.54 Å². The maximum atomic E-state index is 4.78. The summed E-state index contributed by atoms with van der Waals surface area (Å²) in [6.07, 6.45) is 0. The van der Waals surface area contributed by atoms with E-state index in [0.29, 0.717) is 0 Å². The van der Waals surface area contributed by atoms with E-state index in [9.17, 15) is 0 Å². The molecule has 0 saturated carbocycles. The number of nitrogens with one attached hydrogen (secondary N) is 1. The fourth-order valence-electron chi connectivity index (χ4n) is 0. The van der Waals surface area contributed by atoms with Crippen molar-refractivity contribution in [3.63, 3.8) is 0 Å². The molecule has 0 aromatic rings. The Balaban J connectivity index is 0. The lowest BCUT2D eigenvalue weighted by atomic mass is 10.8. The van der Waals surface area contributed by atoms with Gasteiger partial charge >= 0.3 is 0 Å². The van der Waals surface area contributed by atoms with Gasteiger partial charge in [0.1, 0.15) is 0 Å². The number of rotatable bonds is 1. The molecule has 0 aliphatic rings. The van der Waals surface area contributed by atoms with Gasteiger partial charge < -0.3 is 5.48 Å². The molecule has 0 rings (SSSR count). The lowest BCUT2D eigenvalue weighted by molar-refractivity contribution is 0.781. The molecule has 0 aromatic heterocycles. The molecule has 34 valence electrons. The first-order valence-electron chi connectivity index (χ1n) is 1.35. The van der Waals surface area contributed by atoms with Gasteiger partial charge in [-0.2, -0.15) is 0 Å². The topological polar surface area (TPSA) is 69.5 Å². The molecule has 5 N–H and O–H groups in total. The van der Waals surface area contributed by atoms with Crippen LogP contribution in [0.4, 0.5) is 0 Å². The summed E-state index contributed by atoms with van der Waals surface area (Å²) in [4.78, 5) is 0. The summed E-state index contributed by atoms with van der Waals surface area (Å²) in [6, 6.07) is 0. The van der Waals surface area contributed by atoms with Crippen molar-refractivity contribution < 1.29 is 5.48 Å². The summed E-state index contributed by atoms with van der Waals surface area (Å²) in [5.74, 6) is 4.78. The molecule has 5 heavy (non-hydrogen) atoms. The second-order valence-electron chi connectivity index (χ2n) is 0.558. The maximum absolute atomic E-state index is 4.78. The number of hydrogen-bond donors (Lipinski definition) is 2. The molecular formula is C2H10N2O. The molecule has 0 aromatic carbocycles. The summed E-state index contributed by atoms with van der Waals surface area (Å²) in [7, 11) is 0. The van der Waals surface area contributed by atoms with Crippen LogP contribution in [0, 0.1) is 0 Å². The average molecular weight is 78.1 g/mol. The van der Waals surface area contributed by atoms with Crippen molar-refractivity contribution in [2.24, 2.45) is 5.84 Å². The standard InChI is InChI=1S/C2H8N2.H2O/c1-2-4-3;/h4H,2-3H2,1H3;1H2. The maximum Gasteiger partial charge on any atom is 0.00689 e. The first-order chi connectivity index (χ1) is 1.91. The van der Waals surface area contributed by atoms with E-state index < -0.39 is 0 Å². The molecule has 3 heteroatoms. The second-order valence-corrected chi connectivity index (χ2v) is 0.558. The van der Waals surface area contributed by atoms with E-state index >= 15 is 0 Å². The van der Waals surface area contributed by atoms with Crippen LogP contribution in [-0.4, -0.2) is 12.0 Å². The number of nitrogens with two attached hydrogens (primary N) is 1. The first-order valence-corrected chi connectivity index (χ1v) is 1.35. The van der Waals surface area contributed by atoms with E-state index in [2.05, 4.69) is 5.43 Å². The van der Waals surface area contributed by atoms with Gasteiger partial charge in [0.15, 0.2) is 0 Å². The smallest absolute Gasteiger partial charge is 0.00689 e. The van der Waals surface area contributed by atoms with Gasteiger partial charge in [-0.25, -0.2) is 0 Å². The van der Waals surface area contributed by atoms with Gasteiger partial charge in [0, 0.05) is 6.54 Å². The molecule has 0 spiro atoms. The Morgan fingerprint density at radius 3 is 2.00 bits per heavy atom. The van der Waals surface area contributed by atoms with Gasteiger partial charge in [-0.1, -0.05) is 6.92 Å². The van der Waals surface area contributed by atoms with E-state index in [4.69, 9.17) is 5.84 Å². The zero-order valence-electron chi connectivity index (χ0n) is 3.28. The van der Waals surface area contributed by atoms with E-state index in [-0.39, 0.29) is 5.48 Å². The SMILES string of the molecule is CCNN.O. The van der Waals surface area contributed by atoms with Crippen molar-refractivity contribution in [2.45, 2.75) is 6.92 Å². The Morgan fingerprint density at radius 2 is 2.00 bits per heavy atom. The monoisotopic (exact) mass is 78.1 g/mol. The first kappa shape index (κ1) is 8.86. The van der Waals surface area contributed by atoms with Gasteiger partial charge in [0.05, 0.1) is 0 Å². The Hall–Kier alpha value is -0.120. The summed E-state index contributed by atoms with van der Waals surface area (Å²) in [6.45, 7) is 2.79. The highest BCUT2D eigenvalue weighted by molar-refractivity contribution is 4.10. The highest BCUT2D eigenvalue weighted by atomic mass is 16.0. The van der Waals surface area contributed by atoms with Crippen molar-refractivity contribution in [1.82, 2.24) is 5.43 Å². The zero-order chi connectivity index (χ0) is 3.41. The molecule has 0 amide bonds. The second kappa shape index (κ2) is 9.11. The number of hydrogen-bond acceptors (Lipinski definition) is 2. The summed E-state index contributed by atoms with van der Waals surface area (Å²) in [5.41, 5.74) is 2.43. The lowest BCUT2D eigenvalue weighted by Gasteiger charge is -1.77. The predicted octanol–water partition coefficient (Wildman–Crippen LogP) is -1.36. The van der Waals surface area contributed by atoms with Crippen molar-refractivity contribution in [2.75, 3.05) is 6.54 Å². The molecule has 0 unspecified atom stereocenters. The van der Waals surface area contributed by atoms with Crippen LogP contribution < -0.4 is 11.3 Å². The summed E-state index contributed by atoms with van der Waals surface area (Å²) < 4.78 is 0. The predicted molar refractivity (Wildman–Crippen MR) is 21.5 cm³/mol. The Bertz CT molecular complexity index is 9.61. The third-order valence-electron chi connectivity index (χ3n) is 0.204. The molecule has 0 saturated heterocycles. The van der Waals surface area contributed by atoms with Crippen LogP contribution in [0.2, 0.25) is 0 Å². The van der Waals surface area contributed by atoms with Crippen molar-refractivity contribution in [3.05, 3.63) is 0 Å². The van der Waals surface area contributed by atoms with Gasteiger partial charge in [0.25, 0.3) is 0 Å². The normalized spacial score (nSPS) is 6.00. The average Bonchev–Trinajstić information content (AvgIpc) is 1.37. The summed E-state index contributed by atoms with van der Waals surface area (Å²) in [5, 5.41) is 0. The van der Waals surface area contributed by atoms with Crippen LogP contribution in [0.25, 0.3) is 0 Å². The third-order valence-corrected chi connectivity index (χ3v) is 0.204. The highest BCUT2D eigenvalue weighted by Crippen LogP contribution is 1.30.